The van der Waals surface area contributed by atoms with Crippen molar-refractivity contribution >= 4 is 88.0 Å². The van der Waals surface area contributed by atoms with Crippen LogP contribution >= 0.6 is 0 Å². The standard InChI is InChI=1S/C10H17NO2.C9H16N2O2.C9H15NO2.C8H12N2O3.C8H14N2O2.C8H13NO2.C7H11NO2/c1-8(12)7-9-5-3-4-6-10(13)11(9)2;1-7(12)6-8-9(13)11(3)5-4-10(8)2;1-7(11)6-8-4-3-5-9(12)10(8)2;1-5(11)4-6-7(12)10(3)8(13)9(6)2;1-6(11)4-7-5-9(2)8(12)10(7)3;1-6(10)5-7-3-4-8(11)9(7)2;1-5(9)3-6-4-7(10)8(6)2/h9H,3-7H2,1-2H3;8H,4-6H2,1-3H3;8H,3-6H2,1-2H3;6H,4H2,1-3H3;7H,4-5H2,1-3H3;7H,3-5H2,1-2H3;6H,3-4H2,1-2H3. The average Bonchev–Trinajstić information content (AvgIpc) is 3.91. The third-order valence-electron chi connectivity index (χ3n) is 15.9. The minimum Gasteiger partial charge on any atom is -0.343 e. The number of rotatable bonds is 14. The summed E-state index contributed by atoms with van der Waals surface area (Å²) in [5.41, 5.74) is 0. The molecule has 0 saturated carbocycles. The van der Waals surface area contributed by atoms with E-state index in [2.05, 4.69) is 0 Å². The quantitative estimate of drug-likeness (QED) is 0.178. The third kappa shape index (κ3) is 25.2. The number of hydrogen-bond donors (Lipinski definition) is 0. The van der Waals surface area contributed by atoms with E-state index < -0.39 is 6.04 Å². The van der Waals surface area contributed by atoms with Crippen molar-refractivity contribution < 1.29 is 71.9 Å². The first kappa shape index (κ1) is 75.2. The Bertz CT molecular complexity index is 2380. The van der Waals surface area contributed by atoms with Crippen molar-refractivity contribution in [2.24, 2.45) is 0 Å². The van der Waals surface area contributed by atoms with E-state index in [9.17, 15) is 71.9 Å². The summed E-state index contributed by atoms with van der Waals surface area (Å²) in [6.07, 6.45) is 11.2. The molecule has 0 aliphatic carbocycles. The van der Waals surface area contributed by atoms with Crippen LogP contribution in [0.5, 0.6) is 0 Å². The normalized spacial score (nSPS) is 24.1. The molecule has 7 aliphatic rings. The summed E-state index contributed by atoms with van der Waals surface area (Å²) in [6, 6.07) is -0.468. The molecule has 0 spiro atoms. The lowest BCUT2D eigenvalue weighted by molar-refractivity contribution is -0.145. The third-order valence-corrected chi connectivity index (χ3v) is 15.9. The molecule has 0 radical (unpaired) electrons. The highest BCUT2D eigenvalue weighted by atomic mass is 16.2. The van der Waals surface area contributed by atoms with E-state index in [1.54, 1.807) is 118 Å². The molecular formula is C59H98N10O15. The maximum absolute atomic E-state index is 11.6. The molecule has 7 aliphatic heterocycles. The molecule has 7 unspecified atom stereocenters. The fourth-order valence-electron chi connectivity index (χ4n) is 10.3. The van der Waals surface area contributed by atoms with E-state index in [-0.39, 0.29) is 131 Å². The Morgan fingerprint density at radius 1 is 0.345 bits per heavy atom. The molecule has 0 aromatic rings. The van der Waals surface area contributed by atoms with E-state index in [0.717, 1.165) is 56.5 Å². The second kappa shape index (κ2) is 36.1. The van der Waals surface area contributed by atoms with Gasteiger partial charge < -0.3 is 39.2 Å². The van der Waals surface area contributed by atoms with Gasteiger partial charge in [0.15, 0.2) is 0 Å². The van der Waals surface area contributed by atoms with E-state index in [0.29, 0.717) is 70.8 Å². The zero-order valence-electron chi connectivity index (χ0n) is 53.3. The van der Waals surface area contributed by atoms with Gasteiger partial charge in [-0.25, -0.2) is 9.59 Å². The smallest absolute Gasteiger partial charge is 0.326 e. The Labute approximate surface area is 497 Å². The molecule has 474 valence electrons. The maximum Gasteiger partial charge on any atom is 0.326 e. The molecule has 7 fully saturated rings. The molecule has 0 N–H and O–H groups in total. The SMILES string of the molecule is CC(=O)CC1C(=O)N(C)C(=O)N1C.CC(=O)CC1C(=O)N(C)CCN1C.CC(=O)CC1CC(=O)N1C.CC(=O)CC1CCC(=O)N1C.CC(=O)CC1CCCC(=O)N1C.CC(=O)CC1CCCCC(=O)N1C.CC(=O)CC1CN(C)C(=O)N1C. The summed E-state index contributed by atoms with van der Waals surface area (Å²) in [4.78, 5) is 181. The van der Waals surface area contributed by atoms with Gasteiger partial charge in [-0.2, -0.15) is 0 Å². The van der Waals surface area contributed by atoms with E-state index in [4.69, 9.17) is 0 Å². The summed E-state index contributed by atoms with van der Waals surface area (Å²) in [5.74, 6) is 1.20. The van der Waals surface area contributed by atoms with Gasteiger partial charge in [0.05, 0.1) is 12.1 Å². The van der Waals surface area contributed by atoms with E-state index >= 15 is 0 Å². The first-order chi connectivity index (χ1) is 38.9. The molecule has 25 nitrogen and oxygen atoms in total. The van der Waals surface area contributed by atoms with Crippen LogP contribution in [0.4, 0.5) is 9.59 Å². The largest absolute Gasteiger partial charge is 0.343 e. The first-order valence-electron chi connectivity index (χ1n) is 28.9. The van der Waals surface area contributed by atoms with Gasteiger partial charge in [-0.05, 0) is 87.6 Å². The van der Waals surface area contributed by atoms with Crippen molar-refractivity contribution in [2.75, 3.05) is 90.1 Å². The number of piperazine rings is 1. The Balaban J connectivity index is 0.000000491. The Morgan fingerprint density at radius 2 is 0.726 bits per heavy atom. The van der Waals surface area contributed by atoms with Crippen LogP contribution in [0, 0.1) is 0 Å². The molecule has 7 saturated heterocycles. The lowest BCUT2D eigenvalue weighted by Gasteiger charge is -2.36. The molecule has 10 amide bonds. The lowest BCUT2D eigenvalue weighted by atomic mass is 9.98. The summed E-state index contributed by atoms with van der Waals surface area (Å²) >= 11 is 0. The number of likely N-dealkylation sites (N-methyl/N-ethyl adjacent to an activating group) is 6. The van der Waals surface area contributed by atoms with Crippen LogP contribution < -0.4 is 0 Å². The number of Topliss-reactive ketones (excluding diaryl/α,β-unsaturated/α-hetero) is 7. The number of amides is 10. The number of hydrogen-bond acceptors (Lipinski definition) is 16. The summed E-state index contributed by atoms with van der Waals surface area (Å²) < 4.78 is 0. The fraction of sp³-hybridized carbons (Fsp3) is 0.746. The molecule has 7 atom stereocenters. The van der Waals surface area contributed by atoms with Gasteiger partial charge in [-0.3, -0.25) is 72.1 Å². The van der Waals surface area contributed by atoms with Crippen LogP contribution in [-0.2, 0) is 62.3 Å². The second-order valence-corrected chi connectivity index (χ2v) is 23.3. The number of piperidine rings is 1. The zero-order chi connectivity index (χ0) is 64.6. The van der Waals surface area contributed by atoms with Crippen LogP contribution in [0.15, 0.2) is 0 Å². The Hall–Kier alpha value is -6.79. The van der Waals surface area contributed by atoms with Gasteiger partial charge in [-0.15, -0.1) is 0 Å². The highest BCUT2D eigenvalue weighted by Crippen LogP contribution is 2.23. The van der Waals surface area contributed by atoms with Crippen LogP contribution in [-0.4, -0.2) is 269 Å². The van der Waals surface area contributed by atoms with Crippen molar-refractivity contribution in [3.8, 4) is 0 Å². The summed E-state index contributed by atoms with van der Waals surface area (Å²) in [5, 5.41) is 0. The number of carbonyl (C=O) groups is 15. The molecular weight excluding hydrogens is 1090 g/mol. The number of urea groups is 2. The fourth-order valence-corrected chi connectivity index (χ4v) is 10.3. The highest BCUT2D eigenvalue weighted by Gasteiger charge is 2.41. The number of imide groups is 1. The summed E-state index contributed by atoms with van der Waals surface area (Å²) in [7, 11) is 17.2. The molecule has 25 heteroatoms. The van der Waals surface area contributed by atoms with Gasteiger partial charge in [0.1, 0.15) is 46.5 Å². The maximum atomic E-state index is 11.6. The highest BCUT2D eigenvalue weighted by molar-refractivity contribution is 6.05. The van der Waals surface area contributed by atoms with Gasteiger partial charge in [0.2, 0.25) is 29.5 Å². The predicted molar refractivity (Wildman–Crippen MR) is 313 cm³/mol. The zero-order valence-corrected chi connectivity index (χ0v) is 53.3. The van der Waals surface area contributed by atoms with Crippen LogP contribution in [0.1, 0.15) is 158 Å². The number of ketones is 7. The topological polar surface area (TPSA) is 288 Å². The molecule has 7 rings (SSSR count). The molecule has 0 aromatic heterocycles. The van der Waals surface area contributed by atoms with Gasteiger partial charge in [0.25, 0.3) is 5.91 Å². The minimum absolute atomic E-state index is 0.00116. The minimum atomic E-state index is -0.602. The van der Waals surface area contributed by atoms with Gasteiger partial charge >= 0.3 is 12.1 Å². The van der Waals surface area contributed by atoms with Crippen molar-refractivity contribution in [1.29, 1.82) is 0 Å². The predicted octanol–water partition coefficient (Wildman–Crippen LogP) is 3.05. The van der Waals surface area contributed by atoms with Crippen molar-refractivity contribution in [1.82, 2.24) is 49.0 Å². The summed E-state index contributed by atoms with van der Waals surface area (Å²) in [6.45, 7) is 13.0. The second-order valence-electron chi connectivity index (χ2n) is 23.3. The van der Waals surface area contributed by atoms with Crippen molar-refractivity contribution in [2.45, 2.75) is 200 Å². The number of nitrogens with zero attached hydrogens (tertiary/aromatic N) is 10. The van der Waals surface area contributed by atoms with E-state index in [1.165, 1.54) is 32.8 Å². The number of carbonyl (C=O) groups excluding carboxylic acids is 15. The van der Waals surface area contributed by atoms with E-state index in [1.807, 2.05) is 11.9 Å². The molecule has 0 bridgehead atoms. The molecule has 0 aromatic carbocycles. The number of likely N-dealkylation sites (tertiary alicyclic amines) is 4. The average molecular weight is 1190 g/mol. The Morgan fingerprint density at radius 3 is 1.11 bits per heavy atom. The monoisotopic (exact) mass is 1190 g/mol. The van der Waals surface area contributed by atoms with Gasteiger partial charge in [-0.1, -0.05) is 6.42 Å². The molecule has 84 heavy (non-hydrogen) atoms. The van der Waals surface area contributed by atoms with Gasteiger partial charge in [0, 0.05) is 178 Å². The van der Waals surface area contributed by atoms with Crippen LogP contribution in [0.3, 0.4) is 0 Å². The Kier molecular flexibility index (Phi) is 32.4. The lowest BCUT2D eigenvalue weighted by Crippen LogP contribution is -2.54. The van der Waals surface area contributed by atoms with Crippen molar-refractivity contribution in [3.05, 3.63) is 0 Å². The van der Waals surface area contributed by atoms with Crippen LogP contribution in [0.2, 0.25) is 0 Å². The first-order valence-corrected chi connectivity index (χ1v) is 28.9. The molecule has 7 heterocycles. The number of β-lactam (4-membered cyclic amide) rings is 1. The van der Waals surface area contributed by atoms with Crippen molar-refractivity contribution in [3.63, 3.8) is 0 Å². The van der Waals surface area contributed by atoms with Crippen LogP contribution in [0.25, 0.3) is 0 Å².